The van der Waals surface area contributed by atoms with Crippen molar-refractivity contribution < 1.29 is 17.9 Å². The molecule has 7 nitrogen and oxygen atoms in total. The van der Waals surface area contributed by atoms with E-state index in [9.17, 15) is 13.2 Å². The molecule has 1 heterocycles. The molecule has 3 rings (SSSR count). The van der Waals surface area contributed by atoms with Crippen LogP contribution in [0, 0.1) is 20.8 Å². The molecular formula is C20H21N3O4S. The van der Waals surface area contributed by atoms with Crippen molar-refractivity contribution >= 4 is 21.7 Å². The maximum absolute atomic E-state index is 13.0. The summed E-state index contributed by atoms with van der Waals surface area (Å²) in [5.74, 6) is -0.584. The van der Waals surface area contributed by atoms with Crippen LogP contribution in [-0.2, 0) is 14.8 Å². The predicted octanol–water partition coefficient (Wildman–Crippen LogP) is 3.38. The van der Waals surface area contributed by atoms with E-state index in [0.717, 1.165) is 5.69 Å². The molecule has 1 N–H and O–H groups in total. The van der Waals surface area contributed by atoms with Crippen molar-refractivity contribution in [3.05, 3.63) is 71.0 Å². The number of ether oxygens (including phenoxy) is 1. The molecule has 146 valence electrons. The van der Waals surface area contributed by atoms with Crippen molar-refractivity contribution in [1.29, 1.82) is 0 Å². The van der Waals surface area contributed by atoms with Gasteiger partial charge in [0.2, 0.25) is 0 Å². The van der Waals surface area contributed by atoms with Crippen LogP contribution < -0.4 is 4.72 Å². The van der Waals surface area contributed by atoms with E-state index in [4.69, 9.17) is 4.74 Å². The normalized spacial score (nSPS) is 11.3. The van der Waals surface area contributed by atoms with E-state index in [-0.39, 0.29) is 10.5 Å². The molecule has 0 saturated heterocycles. The number of aryl methyl sites for hydroxylation is 1. The zero-order chi connectivity index (χ0) is 20.5. The molecular weight excluding hydrogens is 378 g/mol. The number of para-hydroxylation sites is 1. The maximum Gasteiger partial charge on any atom is 0.338 e. The Balaban J connectivity index is 2.03. The molecule has 0 aliphatic carbocycles. The Bertz CT molecular complexity index is 1140. The summed E-state index contributed by atoms with van der Waals surface area (Å²) in [7, 11) is -2.68. The topological polar surface area (TPSA) is 90.3 Å². The van der Waals surface area contributed by atoms with Crippen LogP contribution in [0.3, 0.4) is 0 Å². The van der Waals surface area contributed by atoms with Crippen molar-refractivity contribution in [2.24, 2.45) is 0 Å². The summed E-state index contributed by atoms with van der Waals surface area (Å²) < 4.78 is 35.1. The number of carbonyl (C=O) groups excluding carboxylic acids is 1. The summed E-state index contributed by atoms with van der Waals surface area (Å²) in [6, 6.07) is 14.0. The predicted molar refractivity (Wildman–Crippen MR) is 106 cm³/mol. The van der Waals surface area contributed by atoms with Gasteiger partial charge in [0.15, 0.2) is 0 Å². The standard InChI is InChI=1S/C20H21N3O4S/c1-13-17(20(24)27-4)11-8-12-18(13)28(25,26)22-19-14(2)21-23(15(19)3)16-9-6-5-7-10-16/h5-12,22H,1-4H3. The van der Waals surface area contributed by atoms with Gasteiger partial charge in [0.25, 0.3) is 10.0 Å². The largest absolute Gasteiger partial charge is 0.465 e. The SMILES string of the molecule is COC(=O)c1cccc(S(=O)(=O)Nc2c(C)nn(-c3ccccc3)c2C)c1C. The molecule has 0 aliphatic heterocycles. The second kappa shape index (κ2) is 7.47. The van der Waals surface area contributed by atoms with Gasteiger partial charge in [-0.05, 0) is 50.6 Å². The smallest absolute Gasteiger partial charge is 0.338 e. The number of benzene rings is 2. The molecule has 0 bridgehead atoms. The van der Waals surface area contributed by atoms with E-state index >= 15 is 0 Å². The van der Waals surface area contributed by atoms with Gasteiger partial charge < -0.3 is 4.74 Å². The van der Waals surface area contributed by atoms with Crippen molar-refractivity contribution in [2.75, 3.05) is 11.8 Å². The van der Waals surface area contributed by atoms with Gasteiger partial charge in [-0.1, -0.05) is 24.3 Å². The van der Waals surface area contributed by atoms with Gasteiger partial charge in [-0.3, -0.25) is 4.72 Å². The monoisotopic (exact) mass is 399 g/mol. The quantitative estimate of drug-likeness (QED) is 0.664. The summed E-state index contributed by atoms with van der Waals surface area (Å²) in [5, 5.41) is 4.46. The molecule has 8 heteroatoms. The van der Waals surface area contributed by atoms with Crippen molar-refractivity contribution in [1.82, 2.24) is 9.78 Å². The highest BCUT2D eigenvalue weighted by atomic mass is 32.2. The van der Waals surface area contributed by atoms with E-state index in [1.54, 1.807) is 25.5 Å². The van der Waals surface area contributed by atoms with Gasteiger partial charge in [0, 0.05) is 0 Å². The molecule has 0 unspecified atom stereocenters. The van der Waals surface area contributed by atoms with Crippen LogP contribution in [0.4, 0.5) is 5.69 Å². The summed E-state index contributed by atoms with van der Waals surface area (Å²) in [6.07, 6.45) is 0. The van der Waals surface area contributed by atoms with Gasteiger partial charge in [0.05, 0.1) is 40.3 Å². The summed E-state index contributed by atoms with van der Waals surface area (Å²) in [4.78, 5) is 11.9. The first-order valence-electron chi connectivity index (χ1n) is 8.58. The van der Waals surface area contributed by atoms with Crippen LogP contribution in [-0.4, -0.2) is 31.3 Å². The second-order valence-electron chi connectivity index (χ2n) is 6.32. The molecule has 0 spiro atoms. The number of hydrogen-bond acceptors (Lipinski definition) is 5. The van der Waals surface area contributed by atoms with Crippen LogP contribution in [0.15, 0.2) is 53.4 Å². The van der Waals surface area contributed by atoms with Crippen LogP contribution in [0.25, 0.3) is 5.69 Å². The Morgan fingerprint density at radius 2 is 1.71 bits per heavy atom. The highest BCUT2D eigenvalue weighted by Crippen LogP contribution is 2.27. The minimum atomic E-state index is -3.93. The molecule has 2 aromatic carbocycles. The number of sulfonamides is 1. The molecule has 3 aromatic rings. The number of carbonyl (C=O) groups is 1. The second-order valence-corrected chi connectivity index (χ2v) is 7.97. The number of nitrogens with zero attached hydrogens (tertiary/aromatic N) is 2. The number of nitrogens with one attached hydrogen (secondary N) is 1. The third kappa shape index (κ3) is 3.50. The van der Waals surface area contributed by atoms with Crippen LogP contribution in [0.1, 0.15) is 27.3 Å². The average molecular weight is 399 g/mol. The Morgan fingerprint density at radius 3 is 2.36 bits per heavy atom. The molecule has 1 aromatic heterocycles. The maximum atomic E-state index is 13.0. The first kappa shape index (κ1) is 19.6. The Hall–Kier alpha value is -3.13. The highest BCUT2D eigenvalue weighted by Gasteiger charge is 2.24. The van der Waals surface area contributed by atoms with Crippen LogP contribution >= 0.6 is 0 Å². The van der Waals surface area contributed by atoms with E-state index in [2.05, 4.69) is 9.82 Å². The fraction of sp³-hybridized carbons (Fsp3) is 0.200. The van der Waals surface area contributed by atoms with Crippen molar-refractivity contribution in [3.63, 3.8) is 0 Å². The molecule has 0 aliphatic rings. The zero-order valence-corrected chi connectivity index (χ0v) is 16.9. The lowest BCUT2D eigenvalue weighted by molar-refractivity contribution is 0.0599. The van der Waals surface area contributed by atoms with E-state index in [1.165, 1.54) is 25.3 Å². The van der Waals surface area contributed by atoms with Crippen molar-refractivity contribution in [3.8, 4) is 5.69 Å². The first-order chi connectivity index (χ1) is 13.3. The Labute approximate surface area is 164 Å². The molecule has 0 radical (unpaired) electrons. The molecule has 0 saturated carbocycles. The van der Waals surface area contributed by atoms with E-state index < -0.39 is 16.0 Å². The van der Waals surface area contributed by atoms with Gasteiger partial charge in [-0.25, -0.2) is 17.9 Å². The summed E-state index contributed by atoms with van der Waals surface area (Å²) in [6.45, 7) is 5.11. The average Bonchev–Trinajstić information content (AvgIpc) is 2.96. The number of methoxy groups -OCH3 is 1. The Kier molecular flexibility index (Phi) is 5.24. The van der Waals surface area contributed by atoms with Gasteiger partial charge in [-0.15, -0.1) is 0 Å². The first-order valence-corrected chi connectivity index (χ1v) is 10.1. The zero-order valence-electron chi connectivity index (χ0n) is 16.1. The summed E-state index contributed by atoms with van der Waals surface area (Å²) in [5.41, 5.74) is 2.98. The fourth-order valence-corrected chi connectivity index (χ4v) is 4.48. The number of hydrogen-bond donors (Lipinski definition) is 1. The number of aromatic nitrogens is 2. The lowest BCUT2D eigenvalue weighted by atomic mass is 10.1. The van der Waals surface area contributed by atoms with Crippen LogP contribution in [0.5, 0.6) is 0 Å². The third-order valence-electron chi connectivity index (χ3n) is 4.51. The van der Waals surface area contributed by atoms with Gasteiger partial charge in [0.1, 0.15) is 0 Å². The lowest BCUT2D eigenvalue weighted by Gasteiger charge is -2.13. The minimum absolute atomic E-state index is 0.0154. The van der Waals surface area contributed by atoms with Crippen molar-refractivity contribution in [2.45, 2.75) is 25.7 Å². The number of rotatable bonds is 5. The summed E-state index contributed by atoms with van der Waals surface area (Å²) >= 11 is 0. The molecule has 0 fully saturated rings. The molecule has 0 amide bonds. The minimum Gasteiger partial charge on any atom is -0.465 e. The molecule has 28 heavy (non-hydrogen) atoms. The van der Waals surface area contributed by atoms with E-state index in [1.807, 2.05) is 30.3 Å². The third-order valence-corrected chi connectivity index (χ3v) is 6.00. The Morgan fingerprint density at radius 1 is 1.04 bits per heavy atom. The van der Waals surface area contributed by atoms with Gasteiger partial charge in [-0.2, -0.15) is 5.10 Å². The molecule has 0 atom stereocenters. The van der Waals surface area contributed by atoms with Gasteiger partial charge >= 0.3 is 5.97 Å². The van der Waals surface area contributed by atoms with E-state index in [0.29, 0.717) is 22.6 Å². The number of anilines is 1. The fourth-order valence-electron chi connectivity index (χ4n) is 3.04. The lowest BCUT2D eigenvalue weighted by Crippen LogP contribution is -2.17. The highest BCUT2D eigenvalue weighted by molar-refractivity contribution is 7.92. The van der Waals surface area contributed by atoms with Crippen LogP contribution in [0.2, 0.25) is 0 Å². The number of esters is 1.